The van der Waals surface area contributed by atoms with E-state index in [0.717, 1.165) is 11.1 Å². The van der Waals surface area contributed by atoms with Crippen LogP contribution in [-0.4, -0.2) is 23.2 Å². The molecule has 0 amide bonds. The fraction of sp³-hybridized carbons (Fsp3) is 0.167. The molecule has 0 saturated carbocycles. The monoisotopic (exact) mass is 367 g/mol. The largest absolute Gasteiger partial charge is 0.264 e. The maximum Gasteiger partial charge on any atom is 0.264 e. The number of nitriles is 1. The quantitative estimate of drug-likeness (QED) is 0.722. The molecule has 3 rings (SSSR count). The van der Waals surface area contributed by atoms with Gasteiger partial charge >= 0.3 is 0 Å². The maximum atomic E-state index is 12.6. The van der Waals surface area contributed by atoms with E-state index in [1.807, 2.05) is 43.3 Å². The third-order valence-corrected chi connectivity index (χ3v) is 5.04. The standard InChI is InChI=1S/C18H17N5O2S/c1-14-8-10-16(11-9-14)26(24,25)22-18-20-17(15-6-3-2-4-7-15)21-23(18)13-5-12-19/h2-4,6-11H,5,13H2,1H3,(H,20,21,22). The molecule has 0 aliphatic carbocycles. The van der Waals surface area contributed by atoms with Gasteiger partial charge in [-0.2, -0.15) is 10.2 Å². The zero-order valence-electron chi connectivity index (χ0n) is 14.1. The Balaban J connectivity index is 1.96. The zero-order valence-corrected chi connectivity index (χ0v) is 14.9. The minimum absolute atomic E-state index is 0.0830. The van der Waals surface area contributed by atoms with Crippen LogP contribution < -0.4 is 4.72 Å². The van der Waals surface area contributed by atoms with Crippen LogP contribution in [0, 0.1) is 18.3 Å². The summed E-state index contributed by atoms with van der Waals surface area (Å²) in [7, 11) is -3.80. The van der Waals surface area contributed by atoms with Crippen molar-refractivity contribution in [1.29, 1.82) is 5.26 Å². The second kappa shape index (κ2) is 7.37. The fourth-order valence-electron chi connectivity index (χ4n) is 2.34. The van der Waals surface area contributed by atoms with Crippen molar-refractivity contribution < 1.29 is 8.42 Å². The van der Waals surface area contributed by atoms with E-state index in [2.05, 4.69) is 14.8 Å². The number of anilines is 1. The number of benzene rings is 2. The van der Waals surface area contributed by atoms with Gasteiger partial charge in [0.05, 0.1) is 23.9 Å². The molecule has 1 aromatic heterocycles. The Morgan fingerprint density at radius 2 is 1.81 bits per heavy atom. The van der Waals surface area contributed by atoms with Crippen molar-refractivity contribution in [3.8, 4) is 17.5 Å². The Bertz CT molecular complexity index is 1040. The second-order valence-electron chi connectivity index (χ2n) is 5.67. The number of aryl methyl sites for hydroxylation is 2. The van der Waals surface area contributed by atoms with Crippen LogP contribution in [0.4, 0.5) is 5.95 Å². The molecule has 0 spiro atoms. The number of aromatic nitrogens is 3. The molecule has 1 N–H and O–H groups in total. The van der Waals surface area contributed by atoms with Crippen molar-refractivity contribution in [3.63, 3.8) is 0 Å². The minimum atomic E-state index is -3.80. The first-order chi connectivity index (χ1) is 12.5. The first-order valence-electron chi connectivity index (χ1n) is 7.96. The molecule has 0 fully saturated rings. The van der Waals surface area contributed by atoms with Crippen molar-refractivity contribution in [2.75, 3.05) is 4.72 Å². The molecular formula is C18H17N5O2S. The number of nitrogens with one attached hydrogen (secondary N) is 1. The van der Waals surface area contributed by atoms with Crippen LogP contribution in [0.1, 0.15) is 12.0 Å². The number of nitrogens with zero attached hydrogens (tertiary/aromatic N) is 4. The molecule has 0 atom stereocenters. The van der Waals surface area contributed by atoms with Crippen LogP contribution in [0.5, 0.6) is 0 Å². The summed E-state index contributed by atoms with van der Waals surface area (Å²) in [4.78, 5) is 4.45. The van der Waals surface area contributed by atoms with E-state index in [0.29, 0.717) is 5.82 Å². The summed E-state index contributed by atoms with van der Waals surface area (Å²) in [6.45, 7) is 2.12. The van der Waals surface area contributed by atoms with E-state index in [9.17, 15) is 8.42 Å². The van der Waals surface area contributed by atoms with Crippen LogP contribution in [0.2, 0.25) is 0 Å². The van der Waals surface area contributed by atoms with Gasteiger partial charge in [-0.05, 0) is 19.1 Å². The third kappa shape index (κ3) is 3.90. The van der Waals surface area contributed by atoms with E-state index >= 15 is 0 Å². The summed E-state index contributed by atoms with van der Waals surface area (Å²) in [5, 5.41) is 13.2. The van der Waals surface area contributed by atoms with Crippen LogP contribution in [0.3, 0.4) is 0 Å². The van der Waals surface area contributed by atoms with E-state index in [1.54, 1.807) is 12.1 Å². The van der Waals surface area contributed by atoms with Crippen LogP contribution in [-0.2, 0) is 16.6 Å². The van der Waals surface area contributed by atoms with Gasteiger partial charge in [0, 0.05) is 5.56 Å². The highest BCUT2D eigenvalue weighted by Crippen LogP contribution is 2.20. The molecule has 132 valence electrons. The van der Waals surface area contributed by atoms with Gasteiger partial charge in [-0.25, -0.2) is 17.8 Å². The lowest BCUT2D eigenvalue weighted by atomic mass is 10.2. The molecule has 1 heterocycles. The summed E-state index contributed by atoms with van der Waals surface area (Å²) >= 11 is 0. The highest BCUT2D eigenvalue weighted by atomic mass is 32.2. The Morgan fingerprint density at radius 1 is 1.12 bits per heavy atom. The number of rotatable bonds is 6. The number of sulfonamides is 1. The normalized spacial score (nSPS) is 11.1. The van der Waals surface area contributed by atoms with Crippen molar-refractivity contribution in [3.05, 3.63) is 60.2 Å². The average molecular weight is 367 g/mol. The zero-order chi connectivity index (χ0) is 18.6. The third-order valence-electron chi connectivity index (χ3n) is 3.70. The molecule has 0 aliphatic rings. The van der Waals surface area contributed by atoms with Gasteiger partial charge in [0.15, 0.2) is 5.82 Å². The van der Waals surface area contributed by atoms with Gasteiger partial charge in [0.25, 0.3) is 10.0 Å². The van der Waals surface area contributed by atoms with Crippen LogP contribution in [0.15, 0.2) is 59.5 Å². The molecule has 0 saturated heterocycles. The first-order valence-corrected chi connectivity index (χ1v) is 9.44. The van der Waals surface area contributed by atoms with Crippen molar-refractivity contribution in [1.82, 2.24) is 14.8 Å². The lowest BCUT2D eigenvalue weighted by molar-refractivity contribution is 0.597. The van der Waals surface area contributed by atoms with Gasteiger partial charge in [0.2, 0.25) is 5.95 Å². The predicted molar refractivity (Wildman–Crippen MR) is 97.7 cm³/mol. The van der Waals surface area contributed by atoms with Gasteiger partial charge in [-0.15, -0.1) is 5.10 Å². The average Bonchev–Trinajstić information content (AvgIpc) is 3.03. The molecular weight excluding hydrogens is 350 g/mol. The van der Waals surface area contributed by atoms with E-state index in [4.69, 9.17) is 5.26 Å². The lowest BCUT2D eigenvalue weighted by Crippen LogP contribution is -2.17. The molecule has 26 heavy (non-hydrogen) atoms. The number of hydrogen-bond acceptors (Lipinski definition) is 5. The molecule has 7 nitrogen and oxygen atoms in total. The topological polar surface area (TPSA) is 101 Å². The smallest absolute Gasteiger partial charge is 0.247 e. The second-order valence-corrected chi connectivity index (χ2v) is 7.36. The van der Waals surface area contributed by atoms with Gasteiger partial charge < -0.3 is 0 Å². The van der Waals surface area contributed by atoms with Crippen molar-refractivity contribution in [2.45, 2.75) is 24.8 Å². The SMILES string of the molecule is Cc1ccc(S(=O)(=O)Nc2nc(-c3ccccc3)nn2CCC#N)cc1. The van der Waals surface area contributed by atoms with Crippen LogP contribution in [0.25, 0.3) is 11.4 Å². The highest BCUT2D eigenvalue weighted by molar-refractivity contribution is 7.92. The molecule has 8 heteroatoms. The number of hydrogen-bond donors (Lipinski definition) is 1. The molecule has 3 aromatic rings. The Kier molecular flexibility index (Phi) is 5.00. The summed E-state index contributed by atoms with van der Waals surface area (Å²) in [6, 6.07) is 17.8. The molecule has 2 aromatic carbocycles. The Labute approximate surface area is 152 Å². The maximum absolute atomic E-state index is 12.6. The van der Waals surface area contributed by atoms with E-state index < -0.39 is 10.0 Å². The van der Waals surface area contributed by atoms with E-state index in [-0.39, 0.29) is 23.8 Å². The first kappa shape index (κ1) is 17.6. The minimum Gasteiger partial charge on any atom is -0.247 e. The summed E-state index contributed by atoms with van der Waals surface area (Å²) < 4.78 is 29.1. The summed E-state index contributed by atoms with van der Waals surface area (Å²) in [6.07, 6.45) is 0.191. The van der Waals surface area contributed by atoms with Crippen LogP contribution >= 0.6 is 0 Å². The Hall–Kier alpha value is -3.18. The van der Waals surface area contributed by atoms with E-state index in [1.165, 1.54) is 16.8 Å². The molecule has 0 bridgehead atoms. The lowest BCUT2D eigenvalue weighted by Gasteiger charge is -2.08. The van der Waals surface area contributed by atoms with Crippen molar-refractivity contribution in [2.24, 2.45) is 0 Å². The molecule has 0 radical (unpaired) electrons. The highest BCUT2D eigenvalue weighted by Gasteiger charge is 2.19. The fourth-order valence-corrected chi connectivity index (χ4v) is 3.34. The van der Waals surface area contributed by atoms with Crippen molar-refractivity contribution >= 4 is 16.0 Å². The van der Waals surface area contributed by atoms with Gasteiger partial charge in [-0.1, -0.05) is 48.0 Å². The Morgan fingerprint density at radius 3 is 2.46 bits per heavy atom. The molecule has 0 unspecified atom stereocenters. The summed E-state index contributed by atoms with van der Waals surface area (Å²) in [5.41, 5.74) is 1.73. The summed E-state index contributed by atoms with van der Waals surface area (Å²) in [5.74, 6) is 0.477. The molecule has 0 aliphatic heterocycles. The predicted octanol–water partition coefficient (Wildman–Crippen LogP) is 2.97. The van der Waals surface area contributed by atoms with Gasteiger partial charge in [-0.3, -0.25) is 0 Å². The van der Waals surface area contributed by atoms with Gasteiger partial charge in [0.1, 0.15) is 0 Å².